The molecule has 0 fully saturated rings. The number of H-pyrrole nitrogens is 1. The molecule has 2 rings (SSSR count). The molecule has 1 heterocycles. The van der Waals surface area contributed by atoms with Gasteiger partial charge >= 0.3 is 0 Å². The number of hydrogen-bond donors (Lipinski definition) is 3. The third kappa shape index (κ3) is 3.50. The van der Waals surface area contributed by atoms with Gasteiger partial charge in [-0.1, -0.05) is 49.7 Å². The van der Waals surface area contributed by atoms with E-state index in [0.29, 0.717) is 15.6 Å². The van der Waals surface area contributed by atoms with E-state index in [1.165, 1.54) is 30.9 Å². The molecule has 1 aliphatic carbocycles. The third-order valence-electron chi connectivity index (χ3n) is 3.83. The molecule has 110 valence electrons. The average molecular weight is 313 g/mol. The van der Waals surface area contributed by atoms with Crippen molar-refractivity contribution in [1.82, 2.24) is 4.98 Å². The maximum absolute atomic E-state index is 9.15. The van der Waals surface area contributed by atoms with Crippen LogP contribution in [0.15, 0.2) is 6.08 Å². The van der Waals surface area contributed by atoms with Crippen molar-refractivity contribution in [3.8, 4) is 0 Å². The summed E-state index contributed by atoms with van der Waals surface area (Å²) in [6.45, 7) is 2.21. The summed E-state index contributed by atoms with van der Waals surface area (Å²) in [7, 11) is 0. The molecule has 0 aliphatic heterocycles. The number of nitrogens with two attached hydrogens (primary N) is 1. The number of aromatic nitrogens is 1. The summed E-state index contributed by atoms with van der Waals surface area (Å²) < 4.78 is 0.611. The summed E-state index contributed by atoms with van der Waals surface area (Å²) in [5.74, 6) is 0.700. The molecule has 0 bridgehead atoms. The van der Waals surface area contributed by atoms with Gasteiger partial charge in [-0.3, -0.25) is 0 Å². The van der Waals surface area contributed by atoms with Crippen LogP contribution in [0.3, 0.4) is 0 Å². The maximum atomic E-state index is 9.15. The van der Waals surface area contributed by atoms with Crippen LogP contribution in [-0.2, 0) is 12.8 Å². The topological polar surface area (TPSA) is 62.0 Å². The summed E-state index contributed by atoms with van der Waals surface area (Å²) in [6, 6.07) is 0. The first-order valence-electron chi connectivity index (χ1n) is 7.08. The molecule has 0 radical (unpaired) electrons. The van der Waals surface area contributed by atoms with Crippen LogP contribution >= 0.6 is 23.8 Å². The predicted octanol–water partition coefficient (Wildman–Crippen LogP) is 3.59. The summed E-state index contributed by atoms with van der Waals surface area (Å²) in [5, 5.41) is 9.86. The van der Waals surface area contributed by atoms with E-state index in [2.05, 4.69) is 11.9 Å². The number of halogens is 1. The van der Waals surface area contributed by atoms with Gasteiger partial charge in [-0.15, -0.1) is 0 Å². The molecule has 1 aromatic rings. The Hall–Kier alpha value is -0.680. The lowest BCUT2D eigenvalue weighted by Gasteiger charge is -2.25. The lowest BCUT2D eigenvalue weighted by molar-refractivity contribution is 0.232. The van der Waals surface area contributed by atoms with Gasteiger partial charge in [0.1, 0.15) is 10.9 Å². The zero-order chi connectivity index (χ0) is 14.7. The fraction of sp³-hybridized carbons (Fsp3) is 0.533. The Morgan fingerprint density at radius 2 is 2.35 bits per heavy atom. The van der Waals surface area contributed by atoms with Gasteiger partial charge in [0.25, 0.3) is 0 Å². The second-order valence-corrected chi connectivity index (χ2v) is 6.17. The summed E-state index contributed by atoms with van der Waals surface area (Å²) in [5.41, 5.74) is 8.41. The van der Waals surface area contributed by atoms with E-state index in [4.69, 9.17) is 34.7 Å². The highest BCUT2D eigenvalue weighted by Gasteiger charge is 2.22. The molecule has 3 nitrogen and oxygen atoms in total. The van der Waals surface area contributed by atoms with Crippen molar-refractivity contribution in [1.29, 1.82) is 0 Å². The second-order valence-electron chi connectivity index (χ2n) is 5.39. The van der Waals surface area contributed by atoms with Crippen LogP contribution in [0.25, 0.3) is 6.08 Å². The quantitative estimate of drug-likeness (QED) is 0.588. The van der Waals surface area contributed by atoms with E-state index in [9.17, 15) is 0 Å². The fourth-order valence-corrected chi connectivity index (χ4v) is 3.54. The van der Waals surface area contributed by atoms with Gasteiger partial charge in [0.2, 0.25) is 0 Å². The molecular formula is C15H21ClN2OS. The number of pyridine rings is 1. The van der Waals surface area contributed by atoms with Crippen molar-refractivity contribution < 1.29 is 5.11 Å². The largest absolute Gasteiger partial charge is 0.375 e. The smallest absolute Gasteiger partial charge is 0.121 e. The van der Waals surface area contributed by atoms with Crippen LogP contribution in [0.5, 0.6) is 0 Å². The molecule has 0 amide bonds. The summed E-state index contributed by atoms with van der Waals surface area (Å²) >= 11 is 11.9. The summed E-state index contributed by atoms with van der Waals surface area (Å²) in [6.07, 6.45) is 7.83. The van der Waals surface area contributed by atoms with E-state index in [-0.39, 0.29) is 0 Å². The Morgan fingerprint density at radius 3 is 3.00 bits per heavy atom. The Bertz CT molecular complexity index is 566. The lowest BCUT2D eigenvalue weighted by atomic mass is 9.83. The number of aliphatic hydroxyl groups is 1. The number of fused-ring (bicyclic) bond motifs is 1. The normalized spacial score (nSPS) is 20.1. The van der Waals surface area contributed by atoms with E-state index in [1.54, 1.807) is 6.08 Å². The molecule has 0 saturated carbocycles. The van der Waals surface area contributed by atoms with Crippen molar-refractivity contribution in [2.24, 2.45) is 11.7 Å². The highest BCUT2D eigenvalue weighted by molar-refractivity contribution is 7.71. The minimum atomic E-state index is -0.996. The molecule has 5 heteroatoms. The predicted molar refractivity (Wildman–Crippen MR) is 86.3 cm³/mol. The van der Waals surface area contributed by atoms with Gasteiger partial charge in [-0.2, -0.15) is 0 Å². The van der Waals surface area contributed by atoms with Gasteiger partial charge in [0, 0.05) is 11.3 Å². The first-order valence-corrected chi connectivity index (χ1v) is 7.87. The highest BCUT2D eigenvalue weighted by Crippen LogP contribution is 2.34. The van der Waals surface area contributed by atoms with E-state index in [1.807, 2.05) is 0 Å². The molecule has 20 heavy (non-hydrogen) atoms. The van der Waals surface area contributed by atoms with Gasteiger partial charge < -0.3 is 15.8 Å². The zero-order valence-corrected chi connectivity index (χ0v) is 13.2. The Labute approximate surface area is 129 Å². The van der Waals surface area contributed by atoms with Gasteiger partial charge in [-0.05, 0) is 36.8 Å². The van der Waals surface area contributed by atoms with Crippen molar-refractivity contribution in [2.45, 2.75) is 45.3 Å². The number of hydrogen-bond acceptors (Lipinski definition) is 3. The number of nitrogens with one attached hydrogen (secondary N) is 1. The minimum Gasteiger partial charge on any atom is -0.375 e. The molecule has 2 unspecified atom stereocenters. The van der Waals surface area contributed by atoms with E-state index in [0.717, 1.165) is 24.1 Å². The zero-order valence-electron chi connectivity index (χ0n) is 11.7. The lowest BCUT2D eigenvalue weighted by Crippen LogP contribution is -2.17. The van der Waals surface area contributed by atoms with Crippen LogP contribution < -0.4 is 5.73 Å². The molecule has 0 aromatic carbocycles. The number of aryl methyl sites for hydroxylation is 1. The molecule has 4 N–H and O–H groups in total. The maximum Gasteiger partial charge on any atom is 0.121 e. The van der Waals surface area contributed by atoms with Crippen molar-refractivity contribution in [3.05, 3.63) is 32.6 Å². The van der Waals surface area contributed by atoms with Crippen LogP contribution in [-0.4, -0.2) is 16.3 Å². The minimum absolute atomic E-state index is 0.611. The summed E-state index contributed by atoms with van der Waals surface area (Å²) in [4.78, 5) is 3.28. The van der Waals surface area contributed by atoms with Crippen LogP contribution in [0.1, 0.15) is 43.0 Å². The van der Waals surface area contributed by atoms with E-state index < -0.39 is 6.23 Å². The molecule has 1 aliphatic rings. The average Bonchev–Trinajstić information content (AvgIpc) is 2.39. The number of aliphatic hydroxyl groups excluding tert-OH is 1. The van der Waals surface area contributed by atoms with Gasteiger partial charge in [0.05, 0.1) is 5.02 Å². The first kappa shape index (κ1) is 15.7. The van der Waals surface area contributed by atoms with Crippen molar-refractivity contribution in [3.63, 3.8) is 0 Å². The van der Waals surface area contributed by atoms with Crippen molar-refractivity contribution >= 4 is 29.9 Å². The Morgan fingerprint density at radius 1 is 1.60 bits per heavy atom. The SMILES string of the molecule is CCCC1CCc2[nH]c(=S)c(/C=C/C(N)O)c(Cl)c2C1. The monoisotopic (exact) mass is 312 g/mol. The van der Waals surface area contributed by atoms with Crippen LogP contribution in [0, 0.1) is 10.6 Å². The van der Waals surface area contributed by atoms with Gasteiger partial charge in [-0.25, -0.2) is 0 Å². The molecular weight excluding hydrogens is 292 g/mol. The number of aromatic amines is 1. The standard InChI is InChI=1S/C15H21ClN2OS/c1-2-3-9-4-6-12-11(8-9)14(16)10(15(20)18-12)5-7-13(17)19/h5,7,9,13,19H,2-4,6,8,17H2,1H3,(H,18,20)/b7-5+. The third-order valence-corrected chi connectivity index (χ3v) is 4.58. The highest BCUT2D eigenvalue weighted by atomic mass is 35.5. The van der Waals surface area contributed by atoms with Crippen molar-refractivity contribution in [2.75, 3.05) is 0 Å². The van der Waals surface area contributed by atoms with Gasteiger partial charge in [0.15, 0.2) is 0 Å². The Kier molecular flexibility index (Phi) is 5.38. The Balaban J connectivity index is 2.38. The first-order chi connectivity index (χ1) is 9.52. The van der Waals surface area contributed by atoms with Crippen LogP contribution in [0.2, 0.25) is 5.02 Å². The molecule has 0 saturated heterocycles. The molecule has 0 spiro atoms. The van der Waals surface area contributed by atoms with Crippen LogP contribution in [0.4, 0.5) is 0 Å². The number of rotatable bonds is 4. The molecule has 1 aromatic heterocycles. The molecule has 2 atom stereocenters. The second kappa shape index (κ2) is 6.85. The fourth-order valence-electron chi connectivity index (χ4n) is 2.84. The van der Waals surface area contributed by atoms with E-state index >= 15 is 0 Å².